The molecule has 0 bridgehead atoms. The molecule has 5 rings (SSSR count). The molecule has 1 aliphatic rings. The monoisotopic (exact) mass is 530 g/mol. The summed E-state index contributed by atoms with van der Waals surface area (Å²) in [6.45, 7) is 1.60. The van der Waals surface area contributed by atoms with Gasteiger partial charge in [0, 0.05) is 29.8 Å². The molecule has 0 radical (unpaired) electrons. The molecule has 0 unspecified atom stereocenters. The van der Waals surface area contributed by atoms with Crippen LogP contribution in [0.5, 0.6) is 0 Å². The van der Waals surface area contributed by atoms with E-state index in [-0.39, 0.29) is 11.5 Å². The number of carbonyl (C=O) groups excluding carboxylic acids is 1. The summed E-state index contributed by atoms with van der Waals surface area (Å²) in [7, 11) is -0.591. The minimum Gasteiger partial charge on any atom is -0.383 e. The van der Waals surface area contributed by atoms with Crippen LogP contribution >= 0.6 is 0 Å². The van der Waals surface area contributed by atoms with Gasteiger partial charge in [0.15, 0.2) is 0 Å². The number of aromatic nitrogens is 3. The molecule has 0 spiro atoms. The van der Waals surface area contributed by atoms with E-state index in [4.69, 9.17) is 5.73 Å². The second-order valence-electron chi connectivity index (χ2n) is 9.15. The molecule has 1 saturated heterocycles. The summed E-state index contributed by atoms with van der Waals surface area (Å²) in [5.41, 5.74) is 10.4. The normalized spacial score (nSPS) is 14.5. The summed E-state index contributed by atoms with van der Waals surface area (Å²) >= 11 is 0. The van der Waals surface area contributed by atoms with E-state index in [0.29, 0.717) is 39.4 Å². The second-order valence-corrected chi connectivity index (χ2v) is 11.7. The van der Waals surface area contributed by atoms with Crippen molar-refractivity contribution in [3.05, 3.63) is 54.6 Å². The summed E-state index contributed by atoms with van der Waals surface area (Å²) < 4.78 is 34.7. The van der Waals surface area contributed by atoms with Crippen LogP contribution in [0.15, 0.2) is 53.2 Å². The number of hydrogen-bond acceptors (Lipinski definition) is 6. The highest BCUT2D eigenvalue weighted by Crippen LogP contribution is 2.42. The highest BCUT2D eigenvalue weighted by molar-refractivity contribution is 7.93. The van der Waals surface area contributed by atoms with E-state index >= 15 is 4.39 Å². The Morgan fingerprint density at radius 3 is 2.50 bits per heavy atom. The smallest absolute Gasteiger partial charge is 0.300 e. The number of anilines is 2. The number of amides is 1. The molecular formula is C28H27FN6O2S. The molecule has 38 heavy (non-hydrogen) atoms. The number of carbonyl (C=O) groups is 1. The number of hydrogen-bond donors (Lipinski definition) is 2. The average molecular weight is 531 g/mol. The zero-order valence-corrected chi connectivity index (χ0v) is 21.9. The van der Waals surface area contributed by atoms with Gasteiger partial charge < -0.3 is 15.6 Å². The van der Waals surface area contributed by atoms with E-state index in [9.17, 15) is 9.00 Å². The first kappa shape index (κ1) is 25.4. The van der Waals surface area contributed by atoms with Gasteiger partial charge in [-0.05, 0) is 61.1 Å². The lowest BCUT2D eigenvalue weighted by molar-refractivity contribution is -0.111. The second kappa shape index (κ2) is 10.3. The van der Waals surface area contributed by atoms with Gasteiger partial charge in [0.25, 0.3) is 5.91 Å². The van der Waals surface area contributed by atoms with Crippen LogP contribution < -0.4 is 11.1 Å². The van der Waals surface area contributed by atoms with Gasteiger partial charge in [-0.1, -0.05) is 30.5 Å². The molecule has 8 nitrogen and oxygen atoms in total. The lowest BCUT2D eigenvalue weighted by Gasteiger charge is -2.15. The fourth-order valence-corrected chi connectivity index (χ4v) is 7.03. The maximum absolute atomic E-state index is 15.4. The Labute approximate surface area is 220 Å². The third kappa shape index (κ3) is 4.85. The van der Waals surface area contributed by atoms with Gasteiger partial charge in [-0.2, -0.15) is 4.36 Å². The van der Waals surface area contributed by atoms with Crippen molar-refractivity contribution in [2.45, 2.75) is 26.2 Å². The Balaban J connectivity index is 1.64. The highest BCUT2D eigenvalue weighted by atomic mass is 32.2. The van der Waals surface area contributed by atoms with E-state index in [1.807, 2.05) is 23.7 Å². The van der Waals surface area contributed by atoms with Crippen LogP contribution in [0.1, 0.15) is 26.2 Å². The molecular weight excluding hydrogens is 503 g/mol. The Bertz CT molecular complexity index is 1730. The third-order valence-electron chi connectivity index (χ3n) is 6.58. The van der Waals surface area contributed by atoms with Crippen molar-refractivity contribution >= 4 is 43.9 Å². The van der Waals surface area contributed by atoms with Crippen LogP contribution in [0, 0.1) is 17.7 Å². The molecule has 3 heterocycles. The number of nitrogens with zero attached hydrogens (tertiary/aromatic N) is 4. The van der Waals surface area contributed by atoms with E-state index < -0.39 is 21.5 Å². The number of nitrogens with one attached hydrogen (secondary N) is 1. The van der Waals surface area contributed by atoms with Crippen molar-refractivity contribution < 1.29 is 13.4 Å². The lowest BCUT2D eigenvalue weighted by Crippen LogP contribution is -2.15. The molecule has 1 aliphatic heterocycles. The van der Waals surface area contributed by atoms with Crippen molar-refractivity contribution in [2.75, 3.05) is 22.6 Å². The number of fused-ring (bicyclic) bond motifs is 1. The van der Waals surface area contributed by atoms with Crippen molar-refractivity contribution in [3.63, 3.8) is 0 Å². The van der Waals surface area contributed by atoms with Crippen LogP contribution in [0.3, 0.4) is 0 Å². The van der Waals surface area contributed by atoms with Gasteiger partial charge in [0.1, 0.15) is 29.3 Å². The highest BCUT2D eigenvalue weighted by Gasteiger charge is 2.23. The first-order valence-electron chi connectivity index (χ1n) is 12.2. The van der Waals surface area contributed by atoms with Gasteiger partial charge in [-0.15, -0.1) is 0 Å². The molecule has 194 valence electrons. The maximum Gasteiger partial charge on any atom is 0.300 e. The van der Waals surface area contributed by atoms with Gasteiger partial charge in [0.2, 0.25) is 0 Å². The molecule has 0 atom stereocenters. The number of halogens is 1. The van der Waals surface area contributed by atoms with Crippen LogP contribution in [-0.4, -0.2) is 36.2 Å². The van der Waals surface area contributed by atoms with Gasteiger partial charge in [-0.25, -0.2) is 18.6 Å². The summed E-state index contributed by atoms with van der Waals surface area (Å²) in [4.78, 5) is 20.4. The molecule has 1 amide bonds. The molecule has 3 N–H and O–H groups in total. The van der Waals surface area contributed by atoms with Gasteiger partial charge in [0.05, 0.1) is 20.8 Å². The topological polar surface area (TPSA) is 115 Å². The van der Waals surface area contributed by atoms with Gasteiger partial charge >= 0.3 is 0 Å². The molecule has 0 saturated carbocycles. The minimum absolute atomic E-state index is 0.0990. The predicted octanol–water partition coefficient (Wildman–Crippen LogP) is 5.27. The van der Waals surface area contributed by atoms with Crippen molar-refractivity contribution in [2.24, 2.45) is 11.4 Å². The number of rotatable bonds is 4. The number of aryl methyl sites for hydroxylation is 1. The summed E-state index contributed by atoms with van der Waals surface area (Å²) in [6.07, 6.45) is 4.10. The number of nitrogen functional groups attached to an aromatic ring is 1. The maximum atomic E-state index is 15.4. The van der Waals surface area contributed by atoms with E-state index in [1.165, 1.54) is 12.4 Å². The molecule has 2 aromatic heterocycles. The van der Waals surface area contributed by atoms with Crippen LogP contribution in [0.4, 0.5) is 21.6 Å². The van der Waals surface area contributed by atoms with E-state index in [2.05, 4.69) is 31.5 Å². The number of benzene rings is 2. The van der Waals surface area contributed by atoms with Crippen molar-refractivity contribution in [3.8, 4) is 34.2 Å². The standard InChI is InChI=1S/C28H27FN6O2S/c1-3-7-23(36)33-20-11-8-18(9-12-20)26-24(25-27(30)31-17-32-28(25)35(26)2)19-10-13-22(21(29)16-19)34-38(37)14-5-4-6-15-38/h8-13,16-17H,4-6,14-15H2,1-2H3,(H,33,36)(H2,30,31,32). The molecule has 2 aromatic carbocycles. The fourth-order valence-electron chi connectivity index (χ4n) is 4.82. The van der Waals surface area contributed by atoms with Crippen LogP contribution in [-0.2, 0) is 21.6 Å². The fraction of sp³-hybridized carbons (Fsp3) is 0.250. The first-order chi connectivity index (χ1) is 18.3. The van der Waals surface area contributed by atoms with Gasteiger partial charge in [-0.3, -0.25) is 4.79 Å². The summed E-state index contributed by atoms with van der Waals surface area (Å²) in [5, 5.41) is 3.32. The predicted molar refractivity (Wildman–Crippen MR) is 150 cm³/mol. The number of nitrogens with two attached hydrogens (primary N) is 1. The molecule has 0 aliphatic carbocycles. The molecule has 4 aromatic rings. The van der Waals surface area contributed by atoms with E-state index in [0.717, 1.165) is 30.5 Å². The van der Waals surface area contributed by atoms with E-state index in [1.54, 1.807) is 31.2 Å². The zero-order valence-electron chi connectivity index (χ0n) is 21.1. The summed E-state index contributed by atoms with van der Waals surface area (Å²) in [5.74, 6) is 5.33. The summed E-state index contributed by atoms with van der Waals surface area (Å²) in [6, 6.07) is 12.0. The van der Waals surface area contributed by atoms with Crippen molar-refractivity contribution in [1.29, 1.82) is 0 Å². The molecule has 10 heteroatoms. The van der Waals surface area contributed by atoms with Crippen LogP contribution in [0.2, 0.25) is 0 Å². The quantitative estimate of drug-likeness (QED) is 0.349. The Morgan fingerprint density at radius 1 is 1.11 bits per heavy atom. The largest absolute Gasteiger partial charge is 0.383 e. The van der Waals surface area contributed by atoms with Crippen LogP contribution in [0.25, 0.3) is 33.4 Å². The first-order valence-corrected chi connectivity index (χ1v) is 14.1. The molecule has 1 fully saturated rings. The van der Waals surface area contributed by atoms with Crippen molar-refractivity contribution in [1.82, 2.24) is 14.5 Å². The Morgan fingerprint density at radius 2 is 1.82 bits per heavy atom. The third-order valence-corrected chi connectivity index (χ3v) is 8.96. The SMILES string of the molecule is CC#CC(=O)Nc1ccc(-c2c(-c3ccc(N=S4(=O)CCCCC4)c(F)c3)c3c(N)ncnc3n2C)cc1. The average Bonchev–Trinajstić information content (AvgIpc) is 3.20. The minimum atomic E-state index is -2.45. The zero-order chi connectivity index (χ0) is 26.9. The Kier molecular flexibility index (Phi) is 6.87. The Hall–Kier alpha value is -4.23. The lowest BCUT2D eigenvalue weighted by atomic mass is 9.98.